The standard InChI is InChI=1S/C20H18ClN3O2S/c1-11-4-5-14(18(25)22-3)10-16(11)24-19(26)17-12(2)23-20(27-17)13-6-8-15(21)9-7-13/h4-10H,1-3H3,(H,22,25)(H,24,26). The van der Waals surface area contributed by atoms with Gasteiger partial charge in [-0.1, -0.05) is 29.8 Å². The predicted molar refractivity (Wildman–Crippen MR) is 110 cm³/mol. The van der Waals surface area contributed by atoms with E-state index in [1.165, 1.54) is 11.3 Å². The second kappa shape index (κ2) is 7.90. The van der Waals surface area contributed by atoms with Crippen LogP contribution in [0.5, 0.6) is 0 Å². The SMILES string of the molecule is CNC(=O)c1ccc(C)c(NC(=O)c2sc(-c3ccc(Cl)cc3)nc2C)c1. The highest BCUT2D eigenvalue weighted by Gasteiger charge is 2.18. The van der Waals surface area contributed by atoms with Crippen LogP contribution in [0.25, 0.3) is 10.6 Å². The van der Waals surface area contributed by atoms with Crippen molar-refractivity contribution in [3.63, 3.8) is 0 Å². The Hall–Kier alpha value is -2.70. The van der Waals surface area contributed by atoms with Crippen LogP contribution >= 0.6 is 22.9 Å². The number of benzene rings is 2. The van der Waals surface area contributed by atoms with Crippen LogP contribution in [0.3, 0.4) is 0 Å². The molecule has 0 spiro atoms. The van der Waals surface area contributed by atoms with Crippen LogP contribution in [-0.4, -0.2) is 23.8 Å². The van der Waals surface area contributed by atoms with Gasteiger partial charge in [0.1, 0.15) is 9.88 Å². The number of aryl methyl sites for hydroxylation is 2. The minimum Gasteiger partial charge on any atom is -0.355 e. The Morgan fingerprint density at radius 1 is 1.04 bits per heavy atom. The Labute approximate surface area is 166 Å². The largest absolute Gasteiger partial charge is 0.355 e. The number of halogens is 1. The summed E-state index contributed by atoms with van der Waals surface area (Å²) in [6.45, 7) is 3.68. The molecule has 0 aliphatic carbocycles. The highest BCUT2D eigenvalue weighted by Crippen LogP contribution is 2.29. The first-order valence-corrected chi connectivity index (χ1v) is 9.46. The molecule has 3 aromatic rings. The molecule has 0 aliphatic rings. The summed E-state index contributed by atoms with van der Waals surface area (Å²) in [5.41, 5.74) is 3.52. The highest BCUT2D eigenvalue weighted by atomic mass is 35.5. The predicted octanol–water partition coefficient (Wildman–Crippen LogP) is 4.69. The van der Waals surface area contributed by atoms with Crippen LogP contribution in [0.4, 0.5) is 5.69 Å². The van der Waals surface area contributed by atoms with Crippen LogP contribution in [0.2, 0.25) is 5.02 Å². The number of hydrogen-bond donors (Lipinski definition) is 2. The molecule has 2 amide bonds. The summed E-state index contributed by atoms with van der Waals surface area (Å²) >= 11 is 7.25. The van der Waals surface area contributed by atoms with E-state index < -0.39 is 0 Å². The van der Waals surface area contributed by atoms with Gasteiger partial charge in [0.15, 0.2) is 0 Å². The Kier molecular flexibility index (Phi) is 5.58. The number of rotatable bonds is 4. The summed E-state index contributed by atoms with van der Waals surface area (Å²) in [6.07, 6.45) is 0. The molecule has 3 rings (SSSR count). The summed E-state index contributed by atoms with van der Waals surface area (Å²) in [7, 11) is 1.57. The fourth-order valence-corrected chi connectivity index (χ4v) is 3.64. The maximum atomic E-state index is 12.8. The van der Waals surface area contributed by atoms with Crippen molar-refractivity contribution >= 4 is 40.4 Å². The Morgan fingerprint density at radius 2 is 1.74 bits per heavy atom. The van der Waals surface area contributed by atoms with Crippen molar-refractivity contribution in [2.45, 2.75) is 13.8 Å². The second-order valence-corrected chi connectivity index (χ2v) is 7.44. The fourth-order valence-electron chi connectivity index (χ4n) is 2.54. The summed E-state index contributed by atoms with van der Waals surface area (Å²) in [6, 6.07) is 12.5. The molecule has 27 heavy (non-hydrogen) atoms. The molecule has 0 bridgehead atoms. The number of amides is 2. The molecule has 138 valence electrons. The maximum absolute atomic E-state index is 12.8. The number of carbonyl (C=O) groups excluding carboxylic acids is 2. The molecule has 0 saturated carbocycles. The third-order valence-electron chi connectivity index (χ3n) is 4.07. The average Bonchev–Trinajstić information content (AvgIpc) is 3.05. The Morgan fingerprint density at radius 3 is 2.41 bits per heavy atom. The molecule has 1 aromatic heterocycles. The minimum absolute atomic E-state index is 0.204. The van der Waals surface area contributed by atoms with E-state index in [1.54, 1.807) is 44.3 Å². The van der Waals surface area contributed by atoms with E-state index in [0.717, 1.165) is 16.1 Å². The van der Waals surface area contributed by atoms with Crippen LogP contribution in [0.1, 0.15) is 31.3 Å². The molecular formula is C20H18ClN3O2S. The van der Waals surface area contributed by atoms with Crippen molar-refractivity contribution in [3.8, 4) is 10.6 Å². The number of nitrogens with one attached hydrogen (secondary N) is 2. The number of anilines is 1. The van der Waals surface area contributed by atoms with Crippen LogP contribution in [0, 0.1) is 13.8 Å². The van der Waals surface area contributed by atoms with Gasteiger partial charge in [-0.15, -0.1) is 11.3 Å². The maximum Gasteiger partial charge on any atom is 0.267 e. The first kappa shape index (κ1) is 19.1. The second-order valence-electron chi connectivity index (χ2n) is 6.00. The van der Waals surface area contributed by atoms with E-state index in [-0.39, 0.29) is 11.8 Å². The van der Waals surface area contributed by atoms with Gasteiger partial charge in [0, 0.05) is 28.9 Å². The molecule has 0 saturated heterocycles. The minimum atomic E-state index is -0.248. The smallest absolute Gasteiger partial charge is 0.267 e. The molecule has 2 N–H and O–H groups in total. The molecule has 0 aliphatic heterocycles. The van der Waals surface area contributed by atoms with Gasteiger partial charge in [-0.05, 0) is 43.7 Å². The van der Waals surface area contributed by atoms with Crippen molar-refractivity contribution in [2.75, 3.05) is 12.4 Å². The van der Waals surface area contributed by atoms with Crippen LogP contribution in [0.15, 0.2) is 42.5 Å². The lowest BCUT2D eigenvalue weighted by molar-refractivity contribution is 0.0961. The van der Waals surface area contributed by atoms with Crippen molar-refractivity contribution < 1.29 is 9.59 Å². The van der Waals surface area contributed by atoms with E-state index in [1.807, 2.05) is 19.1 Å². The first-order valence-electron chi connectivity index (χ1n) is 8.26. The van der Waals surface area contributed by atoms with Gasteiger partial charge in [-0.25, -0.2) is 4.98 Å². The lowest BCUT2D eigenvalue weighted by atomic mass is 10.1. The molecule has 5 nitrogen and oxygen atoms in total. The lowest BCUT2D eigenvalue weighted by Gasteiger charge is -2.09. The molecule has 0 unspecified atom stereocenters. The van der Waals surface area contributed by atoms with Gasteiger partial charge < -0.3 is 10.6 Å². The van der Waals surface area contributed by atoms with Gasteiger partial charge in [0.25, 0.3) is 11.8 Å². The van der Waals surface area contributed by atoms with Gasteiger partial charge >= 0.3 is 0 Å². The number of nitrogens with zero attached hydrogens (tertiary/aromatic N) is 1. The summed E-state index contributed by atoms with van der Waals surface area (Å²) in [5, 5.41) is 6.87. The van der Waals surface area contributed by atoms with E-state index in [4.69, 9.17) is 11.6 Å². The van der Waals surface area contributed by atoms with Gasteiger partial charge in [-0.3, -0.25) is 9.59 Å². The first-order chi connectivity index (χ1) is 12.9. The summed E-state index contributed by atoms with van der Waals surface area (Å²) in [4.78, 5) is 29.6. The van der Waals surface area contributed by atoms with Crippen molar-refractivity contribution in [1.82, 2.24) is 10.3 Å². The zero-order valence-electron chi connectivity index (χ0n) is 15.1. The van der Waals surface area contributed by atoms with Crippen molar-refractivity contribution in [1.29, 1.82) is 0 Å². The topological polar surface area (TPSA) is 71.1 Å². The zero-order valence-corrected chi connectivity index (χ0v) is 16.7. The van der Waals surface area contributed by atoms with Crippen LogP contribution in [-0.2, 0) is 0 Å². The monoisotopic (exact) mass is 399 g/mol. The number of carbonyl (C=O) groups is 2. The average molecular weight is 400 g/mol. The Bertz CT molecular complexity index is 1010. The van der Waals surface area contributed by atoms with E-state index in [2.05, 4.69) is 15.6 Å². The zero-order chi connectivity index (χ0) is 19.6. The number of hydrogen-bond acceptors (Lipinski definition) is 4. The third kappa shape index (κ3) is 4.18. The van der Waals surface area contributed by atoms with Gasteiger partial charge in [-0.2, -0.15) is 0 Å². The Balaban J connectivity index is 1.87. The van der Waals surface area contributed by atoms with E-state index in [9.17, 15) is 9.59 Å². The molecular weight excluding hydrogens is 382 g/mol. The third-order valence-corrected chi connectivity index (χ3v) is 5.53. The summed E-state index contributed by atoms with van der Waals surface area (Å²) < 4.78 is 0. The molecule has 0 atom stereocenters. The molecule has 0 radical (unpaired) electrons. The normalized spacial score (nSPS) is 10.5. The molecule has 7 heteroatoms. The van der Waals surface area contributed by atoms with E-state index >= 15 is 0 Å². The summed E-state index contributed by atoms with van der Waals surface area (Å²) in [5.74, 6) is -0.452. The lowest BCUT2D eigenvalue weighted by Crippen LogP contribution is -2.19. The van der Waals surface area contributed by atoms with Gasteiger partial charge in [0.05, 0.1) is 5.69 Å². The van der Waals surface area contributed by atoms with Gasteiger partial charge in [0.2, 0.25) is 0 Å². The molecule has 2 aromatic carbocycles. The quantitative estimate of drug-likeness (QED) is 0.668. The fraction of sp³-hybridized carbons (Fsp3) is 0.150. The van der Waals surface area contributed by atoms with Crippen molar-refractivity contribution in [2.24, 2.45) is 0 Å². The molecule has 0 fully saturated rings. The molecule has 1 heterocycles. The highest BCUT2D eigenvalue weighted by molar-refractivity contribution is 7.17. The number of aromatic nitrogens is 1. The van der Waals surface area contributed by atoms with E-state index in [0.29, 0.717) is 26.8 Å². The number of thiazole rings is 1. The van der Waals surface area contributed by atoms with Crippen LogP contribution < -0.4 is 10.6 Å². The van der Waals surface area contributed by atoms with Crippen molar-refractivity contribution in [3.05, 3.63) is 69.2 Å².